The van der Waals surface area contributed by atoms with Gasteiger partial charge in [0.15, 0.2) is 0 Å². The van der Waals surface area contributed by atoms with Gasteiger partial charge >= 0.3 is 45.5 Å². The van der Waals surface area contributed by atoms with Gasteiger partial charge in [0, 0.05) is 0 Å². The molecule has 74 valence electrons. The van der Waals surface area contributed by atoms with E-state index in [1.807, 2.05) is 12.2 Å². The van der Waals surface area contributed by atoms with Crippen LogP contribution in [0.3, 0.4) is 0 Å². The number of hydrogen-bond donors (Lipinski definition) is 1. The predicted octanol–water partition coefficient (Wildman–Crippen LogP) is 1.07. The van der Waals surface area contributed by atoms with Crippen molar-refractivity contribution in [3.05, 3.63) is 24.3 Å². The van der Waals surface area contributed by atoms with E-state index in [-0.39, 0.29) is 51.5 Å². The van der Waals surface area contributed by atoms with Gasteiger partial charge in [0.05, 0.1) is 11.8 Å². The van der Waals surface area contributed by atoms with Crippen LogP contribution in [-0.2, 0) is 0 Å². The summed E-state index contributed by atoms with van der Waals surface area (Å²) in [6.45, 7) is 2.32. The number of likely N-dealkylation sites (tertiary alicyclic amines) is 1. The van der Waals surface area contributed by atoms with Crippen molar-refractivity contribution >= 4 is 51.2 Å². The summed E-state index contributed by atoms with van der Waals surface area (Å²) in [5.74, 6) is 0. The zero-order chi connectivity index (χ0) is 9.10. The van der Waals surface area contributed by atoms with Crippen molar-refractivity contribution in [1.29, 1.82) is 5.41 Å². The fourth-order valence-electron chi connectivity index (χ4n) is 2.05. The first-order valence-corrected chi connectivity index (χ1v) is 5.05. The second kappa shape index (κ2) is 6.23. The molecule has 2 aliphatic rings. The van der Waals surface area contributed by atoms with Gasteiger partial charge in [-0.1, -0.05) is 24.6 Å². The van der Waals surface area contributed by atoms with E-state index in [1.54, 1.807) is 0 Å². The number of hydrogen-bond acceptors (Lipinski definition) is 2. The van der Waals surface area contributed by atoms with Crippen molar-refractivity contribution in [2.24, 2.45) is 0 Å². The van der Waals surface area contributed by atoms with E-state index in [1.165, 1.54) is 19.3 Å². The van der Waals surface area contributed by atoms with Gasteiger partial charge in [-0.25, -0.2) is 0 Å². The maximum atomic E-state index is 7.80. The molecule has 0 aromatic carbocycles. The van der Waals surface area contributed by atoms with Crippen LogP contribution in [0.1, 0.15) is 19.3 Å². The summed E-state index contributed by atoms with van der Waals surface area (Å²) in [5, 5.41) is 7.80. The molecule has 0 bridgehead atoms. The molecule has 1 aliphatic carbocycles. The summed E-state index contributed by atoms with van der Waals surface area (Å²) in [6, 6.07) is 0.255. The molecule has 0 amide bonds. The Balaban J connectivity index is 0.000000980. The summed E-state index contributed by atoms with van der Waals surface area (Å²) < 4.78 is 0. The van der Waals surface area contributed by atoms with Gasteiger partial charge in [0.1, 0.15) is 0 Å². The van der Waals surface area contributed by atoms with Crippen LogP contribution in [0.2, 0.25) is 0 Å². The van der Waals surface area contributed by atoms with Crippen molar-refractivity contribution in [1.82, 2.24) is 4.90 Å². The topological polar surface area (TPSA) is 27.1 Å². The van der Waals surface area contributed by atoms with Gasteiger partial charge in [0.25, 0.3) is 0 Å². The Labute approximate surface area is 123 Å². The molecule has 2 rings (SSSR count). The van der Waals surface area contributed by atoms with Crippen LogP contribution >= 0.6 is 0 Å². The Morgan fingerprint density at radius 2 is 1.86 bits per heavy atom. The van der Waals surface area contributed by atoms with Crippen LogP contribution in [-0.4, -0.2) is 75.2 Å². The third-order valence-corrected chi connectivity index (χ3v) is 2.78. The Kier molecular flexibility index (Phi) is 5.64. The summed E-state index contributed by atoms with van der Waals surface area (Å²) in [5.41, 5.74) is 0.740. The Hall–Kier alpha value is 0.591. The van der Waals surface area contributed by atoms with Crippen molar-refractivity contribution < 1.29 is 0 Å². The molecule has 3 heteroatoms. The van der Waals surface area contributed by atoms with Crippen LogP contribution in [0, 0.1) is 5.41 Å². The predicted molar refractivity (Wildman–Crippen MR) is 63.8 cm³/mol. The first-order valence-electron chi connectivity index (χ1n) is 5.05. The van der Waals surface area contributed by atoms with Crippen LogP contribution in [0.5, 0.6) is 0 Å². The van der Waals surface area contributed by atoms with Gasteiger partial charge in [0.2, 0.25) is 0 Å². The van der Waals surface area contributed by atoms with Gasteiger partial charge in [-0.2, -0.15) is 0 Å². The average molecular weight is 266 g/mol. The molecule has 1 saturated heterocycles. The molecule has 1 N–H and O–H groups in total. The Morgan fingerprint density at radius 3 is 2.50 bits per heavy atom. The number of nitrogens with one attached hydrogen (secondary N) is 1. The second-order valence-corrected chi connectivity index (χ2v) is 3.74. The molecule has 1 heterocycles. The summed E-state index contributed by atoms with van der Waals surface area (Å²) in [7, 11) is 0. The zero-order valence-corrected chi connectivity index (χ0v) is 7.87. The van der Waals surface area contributed by atoms with E-state index in [2.05, 4.69) is 17.1 Å². The van der Waals surface area contributed by atoms with E-state index in [0.29, 0.717) is 0 Å². The summed E-state index contributed by atoms with van der Waals surface area (Å²) >= 11 is 0. The fraction of sp³-hybridized carbons (Fsp3) is 0.545. The first-order chi connectivity index (χ1) is 6.38. The molecular formula is C11H18N2Sr. The van der Waals surface area contributed by atoms with E-state index in [9.17, 15) is 0 Å². The monoisotopic (exact) mass is 266 g/mol. The standard InChI is InChI=1S/C11H16N2.Sr.2H/c12-10-6-2-3-7-11(10)13-8-4-1-5-9-13;;;/h2-3,6-7,11-12H,1,4-5,8-9H2;;;. The van der Waals surface area contributed by atoms with E-state index < -0.39 is 0 Å². The molecular weight excluding hydrogens is 248 g/mol. The third kappa shape index (κ3) is 3.04. The number of rotatable bonds is 1. The van der Waals surface area contributed by atoms with Crippen LogP contribution < -0.4 is 0 Å². The third-order valence-electron chi connectivity index (χ3n) is 2.78. The second-order valence-electron chi connectivity index (χ2n) is 3.74. The fourth-order valence-corrected chi connectivity index (χ4v) is 2.05. The molecule has 2 nitrogen and oxygen atoms in total. The molecule has 1 fully saturated rings. The Morgan fingerprint density at radius 1 is 1.14 bits per heavy atom. The van der Waals surface area contributed by atoms with Crippen molar-refractivity contribution in [3.63, 3.8) is 0 Å². The quantitative estimate of drug-likeness (QED) is 0.706. The van der Waals surface area contributed by atoms with Crippen molar-refractivity contribution in [2.75, 3.05) is 13.1 Å². The van der Waals surface area contributed by atoms with Gasteiger partial charge in [-0.3, -0.25) is 4.90 Å². The molecule has 1 atom stereocenters. The van der Waals surface area contributed by atoms with E-state index in [0.717, 1.165) is 18.8 Å². The van der Waals surface area contributed by atoms with Crippen molar-refractivity contribution in [2.45, 2.75) is 25.3 Å². The molecule has 0 spiro atoms. The number of nitrogens with zero attached hydrogens (tertiary/aromatic N) is 1. The molecule has 14 heavy (non-hydrogen) atoms. The van der Waals surface area contributed by atoms with Crippen LogP contribution in [0.25, 0.3) is 0 Å². The number of allylic oxidation sites excluding steroid dienone is 2. The maximum absolute atomic E-state index is 7.80. The molecule has 0 saturated carbocycles. The van der Waals surface area contributed by atoms with Crippen LogP contribution in [0.15, 0.2) is 24.3 Å². The van der Waals surface area contributed by atoms with E-state index in [4.69, 9.17) is 5.41 Å². The van der Waals surface area contributed by atoms with Gasteiger partial charge < -0.3 is 5.41 Å². The molecule has 1 unspecified atom stereocenters. The summed E-state index contributed by atoms with van der Waals surface area (Å²) in [6.07, 6.45) is 12.0. The zero-order valence-electron chi connectivity index (χ0n) is 7.87. The first kappa shape index (κ1) is 12.7. The van der Waals surface area contributed by atoms with E-state index >= 15 is 0 Å². The normalized spacial score (nSPS) is 27.4. The van der Waals surface area contributed by atoms with Crippen molar-refractivity contribution in [3.8, 4) is 0 Å². The average Bonchev–Trinajstić information content (AvgIpc) is 2.20. The van der Waals surface area contributed by atoms with Gasteiger partial charge in [-0.05, 0) is 32.0 Å². The molecule has 0 radical (unpaired) electrons. The van der Waals surface area contributed by atoms with Crippen LogP contribution in [0.4, 0.5) is 0 Å². The Bertz CT molecular complexity index is 252. The summed E-state index contributed by atoms with van der Waals surface area (Å²) in [4.78, 5) is 2.41. The molecule has 0 aromatic rings. The minimum atomic E-state index is 0. The molecule has 1 aliphatic heterocycles. The SMILES string of the molecule is N=C1C=CC=CC1N1CCCCC1.[SrH2]. The van der Waals surface area contributed by atoms with Gasteiger partial charge in [-0.15, -0.1) is 0 Å². The number of piperidine rings is 1. The minimum absolute atomic E-state index is 0. The molecule has 0 aromatic heterocycles.